The third-order valence-corrected chi connectivity index (χ3v) is 8.08. The first-order chi connectivity index (χ1) is 18.4. The molecule has 11 heteroatoms. The molecule has 2 saturated heterocycles. The van der Waals surface area contributed by atoms with Crippen LogP contribution in [0, 0.1) is 11.8 Å². The van der Waals surface area contributed by atoms with E-state index in [4.69, 9.17) is 23.7 Å². The lowest BCUT2D eigenvalue weighted by atomic mass is 9.77. The third-order valence-electron chi connectivity index (χ3n) is 7.46. The predicted octanol–water partition coefficient (Wildman–Crippen LogP) is 2.59. The van der Waals surface area contributed by atoms with Crippen LogP contribution in [0.1, 0.15) is 18.0 Å². The maximum Gasteiger partial charge on any atom is 0.326 e. The molecule has 2 aromatic rings. The van der Waals surface area contributed by atoms with Crippen LogP contribution in [0.4, 0.5) is 5.69 Å². The minimum Gasteiger partial charge on any atom is -0.497 e. The van der Waals surface area contributed by atoms with Crippen LogP contribution in [-0.4, -0.2) is 69.9 Å². The van der Waals surface area contributed by atoms with Crippen LogP contribution < -0.4 is 29.2 Å². The number of hydrogen-bond acceptors (Lipinski definition) is 10. The second kappa shape index (κ2) is 10.4. The number of methoxy groups -OCH3 is 3. The minimum atomic E-state index is -1.41. The number of ether oxygens (including phenoxy) is 5. The quantitative estimate of drug-likeness (QED) is 0.395. The number of rotatable bonds is 8. The highest BCUT2D eigenvalue weighted by molar-refractivity contribution is 7.98. The predicted molar refractivity (Wildman–Crippen MR) is 140 cm³/mol. The molecule has 3 heterocycles. The van der Waals surface area contributed by atoms with Crippen LogP contribution in [0.15, 0.2) is 36.4 Å². The number of nitrogens with zero attached hydrogens (tertiary/aromatic N) is 1. The standard InChI is InChI=1S/C27H30N2O8S/c1-33-16-6-7-17(19(14-16)34-2)23-21-22(27(28-23,9-12-38-4)26(32)35-3)25(31)29(24(21)30)15-5-8-18-20(13-15)37-11-10-36-18/h5-8,13-14,21-23,28H,9-12H2,1-4H3. The number of carbonyl (C=O) groups is 3. The SMILES string of the molecule is COC(=O)C1(CCSC)NC(c2ccc(OC)cc2OC)C2C(=O)N(c3ccc4c(c3)OCCO4)C(=O)C21. The van der Waals surface area contributed by atoms with E-state index in [1.54, 1.807) is 55.3 Å². The van der Waals surface area contributed by atoms with Gasteiger partial charge in [-0.1, -0.05) is 6.07 Å². The van der Waals surface area contributed by atoms with Crippen molar-refractivity contribution in [3.05, 3.63) is 42.0 Å². The first kappa shape index (κ1) is 26.2. The number of hydrogen-bond donors (Lipinski definition) is 1. The van der Waals surface area contributed by atoms with Crippen molar-refractivity contribution in [2.45, 2.75) is 18.0 Å². The number of amides is 2. The van der Waals surface area contributed by atoms with Gasteiger partial charge >= 0.3 is 5.97 Å². The van der Waals surface area contributed by atoms with Crippen LogP contribution in [0.5, 0.6) is 23.0 Å². The van der Waals surface area contributed by atoms with Gasteiger partial charge in [-0.15, -0.1) is 0 Å². The van der Waals surface area contributed by atoms with Gasteiger partial charge in [0.25, 0.3) is 0 Å². The zero-order chi connectivity index (χ0) is 27.0. The number of fused-ring (bicyclic) bond motifs is 2. The Hall–Kier alpha value is -3.44. The Bertz CT molecular complexity index is 1270. The first-order valence-corrected chi connectivity index (χ1v) is 13.6. The molecule has 0 radical (unpaired) electrons. The fourth-order valence-electron chi connectivity index (χ4n) is 5.74. The molecule has 3 aliphatic heterocycles. The van der Waals surface area contributed by atoms with E-state index in [1.165, 1.54) is 14.2 Å². The molecule has 2 fully saturated rings. The van der Waals surface area contributed by atoms with Crippen LogP contribution in [0.2, 0.25) is 0 Å². The van der Waals surface area contributed by atoms with Crippen molar-refractivity contribution in [1.82, 2.24) is 5.32 Å². The maximum absolute atomic E-state index is 14.1. The van der Waals surface area contributed by atoms with E-state index in [0.717, 1.165) is 4.90 Å². The molecule has 0 aliphatic carbocycles. The van der Waals surface area contributed by atoms with Crippen molar-refractivity contribution in [1.29, 1.82) is 0 Å². The van der Waals surface area contributed by atoms with E-state index in [9.17, 15) is 14.4 Å². The summed E-state index contributed by atoms with van der Waals surface area (Å²) in [5.74, 6) is -0.695. The highest BCUT2D eigenvalue weighted by atomic mass is 32.2. The second-order valence-corrected chi connectivity index (χ2v) is 10.3. The minimum absolute atomic E-state index is 0.297. The van der Waals surface area contributed by atoms with E-state index >= 15 is 0 Å². The van der Waals surface area contributed by atoms with Gasteiger partial charge in [-0.3, -0.25) is 19.7 Å². The fourth-order valence-corrected chi connectivity index (χ4v) is 6.26. The lowest BCUT2D eigenvalue weighted by molar-refractivity contribution is -0.152. The Kier molecular flexibility index (Phi) is 7.15. The molecule has 0 saturated carbocycles. The van der Waals surface area contributed by atoms with E-state index in [2.05, 4.69) is 5.32 Å². The summed E-state index contributed by atoms with van der Waals surface area (Å²) in [6.45, 7) is 0.791. The van der Waals surface area contributed by atoms with Crippen molar-refractivity contribution < 1.29 is 38.1 Å². The fraction of sp³-hybridized carbons (Fsp3) is 0.444. The van der Waals surface area contributed by atoms with Gasteiger partial charge in [0, 0.05) is 23.7 Å². The largest absolute Gasteiger partial charge is 0.497 e. The van der Waals surface area contributed by atoms with Crippen molar-refractivity contribution >= 4 is 35.2 Å². The molecule has 4 atom stereocenters. The number of anilines is 1. The number of thioether (sulfide) groups is 1. The Morgan fingerprint density at radius 3 is 2.50 bits per heavy atom. The molecule has 5 rings (SSSR count). The summed E-state index contributed by atoms with van der Waals surface area (Å²) < 4.78 is 27.5. The summed E-state index contributed by atoms with van der Waals surface area (Å²) >= 11 is 1.54. The highest BCUT2D eigenvalue weighted by Gasteiger charge is 2.69. The molecule has 4 unspecified atom stereocenters. The summed E-state index contributed by atoms with van der Waals surface area (Å²) in [5, 5.41) is 3.38. The van der Waals surface area contributed by atoms with Crippen LogP contribution in [0.3, 0.4) is 0 Å². The van der Waals surface area contributed by atoms with Crippen molar-refractivity contribution in [2.24, 2.45) is 11.8 Å². The summed E-state index contributed by atoms with van der Waals surface area (Å²) in [4.78, 5) is 42.8. The molecule has 10 nitrogen and oxygen atoms in total. The number of nitrogens with one attached hydrogen (secondary N) is 1. The zero-order valence-electron chi connectivity index (χ0n) is 21.6. The third kappa shape index (κ3) is 4.04. The molecule has 38 heavy (non-hydrogen) atoms. The molecule has 0 bridgehead atoms. The molecule has 2 aromatic carbocycles. The van der Waals surface area contributed by atoms with Crippen molar-refractivity contribution in [3.63, 3.8) is 0 Å². The lowest BCUT2D eigenvalue weighted by Crippen LogP contribution is -2.56. The van der Waals surface area contributed by atoms with Crippen molar-refractivity contribution in [3.8, 4) is 23.0 Å². The Morgan fingerprint density at radius 1 is 1.05 bits per heavy atom. The Morgan fingerprint density at radius 2 is 1.82 bits per heavy atom. The number of carbonyl (C=O) groups excluding carboxylic acids is 3. The van der Waals surface area contributed by atoms with Gasteiger partial charge in [0.1, 0.15) is 30.3 Å². The lowest BCUT2D eigenvalue weighted by Gasteiger charge is -2.32. The van der Waals surface area contributed by atoms with Gasteiger partial charge in [-0.2, -0.15) is 11.8 Å². The second-order valence-electron chi connectivity index (χ2n) is 9.28. The van der Waals surface area contributed by atoms with Gasteiger partial charge < -0.3 is 23.7 Å². The molecule has 2 amide bonds. The first-order valence-electron chi connectivity index (χ1n) is 12.2. The summed E-state index contributed by atoms with van der Waals surface area (Å²) in [7, 11) is 4.36. The molecule has 202 valence electrons. The smallest absolute Gasteiger partial charge is 0.326 e. The van der Waals surface area contributed by atoms with Gasteiger partial charge in [0.05, 0.1) is 38.9 Å². The number of esters is 1. The van der Waals surface area contributed by atoms with Gasteiger partial charge in [-0.05, 0) is 36.6 Å². The highest BCUT2D eigenvalue weighted by Crippen LogP contribution is 2.53. The number of imide groups is 1. The molecule has 0 spiro atoms. The molecule has 0 aromatic heterocycles. The summed E-state index contributed by atoms with van der Waals surface area (Å²) in [6.07, 6.45) is 2.22. The monoisotopic (exact) mass is 542 g/mol. The van der Waals surface area contributed by atoms with Crippen LogP contribution in [-0.2, 0) is 19.1 Å². The van der Waals surface area contributed by atoms with Gasteiger partial charge in [0.2, 0.25) is 11.8 Å². The normalized spacial score (nSPS) is 25.8. The molecule has 1 N–H and O–H groups in total. The van der Waals surface area contributed by atoms with Crippen molar-refractivity contribution in [2.75, 3.05) is 51.5 Å². The summed E-state index contributed by atoms with van der Waals surface area (Å²) in [5.41, 5.74) is -0.404. The van der Waals surface area contributed by atoms with Gasteiger partial charge in [-0.25, -0.2) is 4.90 Å². The number of benzene rings is 2. The maximum atomic E-state index is 14.1. The van der Waals surface area contributed by atoms with Crippen LogP contribution >= 0.6 is 11.8 Å². The topological polar surface area (TPSA) is 113 Å². The van der Waals surface area contributed by atoms with Gasteiger partial charge in [0.15, 0.2) is 11.5 Å². The molecular formula is C27H30N2O8S. The van der Waals surface area contributed by atoms with Crippen LogP contribution in [0.25, 0.3) is 0 Å². The average Bonchev–Trinajstić information content (AvgIpc) is 3.44. The van der Waals surface area contributed by atoms with E-state index in [-0.39, 0.29) is 0 Å². The summed E-state index contributed by atoms with van der Waals surface area (Å²) in [6, 6.07) is 9.54. The molecular weight excluding hydrogens is 512 g/mol. The molecule has 3 aliphatic rings. The average molecular weight is 543 g/mol. The van der Waals surface area contributed by atoms with E-state index in [1.807, 2.05) is 6.26 Å². The Labute approximate surface area is 224 Å². The van der Waals surface area contributed by atoms with E-state index in [0.29, 0.717) is 59.6 Å². The van der Waals surface area contributed by atoms with E-state index < -0.39 is 41.2 Å². The Balaban J connectivity index is 1.64. The zero-order valence-corrected chi connectivity index (χ0v) is 22.5.